The summed E-state index contributed by atoms with van der Waals surface area (Å²) in [6.07, 6.45) is 0. The Bertz CT molecular complexity index is 925. The van der Waals surface area contributed by atoms with Crippen LogP contribution in [-0.2, 0) is 0 Å². The van der Waals surface area contributed by atoms with Crippen molar-refractivity contribution in [1.29, 1.82) is 0 Å². The molecule has 27 heavy (non-hydrogen) atoms. The lowest BCUT2D eigenvalue weighted by Gasteiger charge is -2.10. The topological polar surface area (TPSA) is 79.5 Å². The van der Waals surface area contributed by atoms with Gasteiger partial charge in [0.1, 0.15) is 5.75 Å². The molecule has 0 radical (unpaired) electrons. The molecule has 0 saturated carbocycles. The molecular formula is C21H19N3O3. The molecule has 6 heteroatoms. The second kappa shape index (κ2) is 8.53. The van der Waals surface area contributed by atoms with Crippen LogP contribution in [0.3, 0.4) is 0 Å². The number of ether oxygens (including phenoxy) is 1. The van der Waals surface area contributed by atoms with Crippen molar-refractivity contribution in [3.05, 3.63) is 84.4 Å². The number of methoxy groups -OCH3 is 1. The molecule has 0 aliphatic carbocycles. The first-order chi connectivity index (χ1) is 13.2. The lowest BCUT2D eigenvalue weighted by atomic mass is 10.2. The fraction of sp³-hybridized carbons (Fsp3) is 0.0476. The van der Waals surface area contributed by atoms with Crippen molar-refractivity contribution in [3.8, 4) is 5.75 Å². The Kier molecular flexibility index (Phi) is 5.69. The molecular weight excluding hydrogens is 342 g/mol. The number of hydrogen-bond acceptors (Lipinski definition) is 3. The minimum atomic E-state index is -0.341. The molecule has 3 aromatic carbocycles. The highest BCUT2D eigenvalue weighted by Gasteiger charge is 2.11. The van der Waals surface area contributed by atoms with Gasteiger partial charge >= 0.3 is 6.03 Å². The van der Waals surface area contributed by atoms with E-state index in [0.717, 1.165) is 0 Å². The van der Waals surface area contributed by atoms with Crippen LogP contribution in [0.2, 0.25) is 0 Å². The summed E-state index contributed by atoms with van der Waals surface area (Å²) in [5.41, 5.74) is 2.37. The second-order valence-corrected chi connectivity index (χ2v) is 5.68. The van der Waals surface area contributed by atoms with Gasteiger partial charge in [-0.1, -0.05) is 30.3 Å². The molecule has 3 N–H and O–H groups in total. The van der Waals surface area contributed by atoms with Crippen LogP contribution in [0.4, 0.5) is 21.9 Å². The molecule has 0 atom stereocenters. The zero-order chi connectivity index (χ0) is 19.1. The average molecular weight is 361 g/mol. The first kappa shape index (κ1) is 18.0. The monoisotopic (exact) mass is 361 g/mol. The van der Waals surface area contributed by atoms with Gasteiger partial charge in [0.25, 0.3) is 5.91 Å². The van der Waals surface area contributed by atoms with Crippen LogP contribution in [0.15, 0.2) is 78.9 Å². The van der Waals surface area contributed by atoms with Crippen molar-refractivity contribution in [2.45, 2.75) is 0 Å². The van der Waals surface area contributed by atoms with Crippen molar-refractivity contribution < 1.29 is 14.3 Å². The third-order valence-corrected chi connectivity index (χ3v) is 3.78. The van der Waals surface area contributed by atoms with Gasteiger partial charge in [0.05, 0.1) is 12.7 Å². The highest BCUT2D eigenvalue weighted by Crippen LogP contribution is 2.20. The van der Waals surface area contributed by atoms with E-state index in [0.29, 0.717) is 28.4 Å². The van der Waals surface area contributed by atoms with Crippen LogP contribution in [0, 0.1) is 0 Å². The third-order valence-electron chi connectivity index (χ3n) is 3.78. The van der Waals surface area contributed by atoms with E-state index in [1.54, 1.807) is 60.7 Å². The van der Waals surface area contributed by atoms with E-state index in [1.165, 1.54) is 7.11 Å². The Labute approximate surface area is 157 Å². The normalized spacial score (nSPS) is 9.96. The second-order valence-electron chi connectivity index (χ2n) is 5.68. The van der Waals surface area contributed by atoms with Crippen molar-refractivity contribution in [3.63, 3.8) is 0 Å². The highest BCUT2D eigenvalue weighted by atomic mass is 16.5. The maximum atomic E-state index is 12.4. The van der Waals surface area contributed by atoms with Gasteiger partial charge in [0.2, 0.25) is 0 Å². The van der Waals surface area contributed by atoms with E-state index in [9.17, 15) is 9.59 Å². The summed E-state index contributed by atoms with van der Waals surface area (Å²) in [5.74, 6) is 0.237. The molecule has 0 saturated heterocycles. The van der Waals surface area contributed by atoms with Gasteiger partial charge in [-0.15, -0.1) is 0 Å². The fourth-order valence-electron chi connectivity index (χ4n) is 2.48. The van der Waals surface area contributed by atoms with E-state index >= 15 is 0 Å². The molecule has 3 amide bonds. The summed E-state index contributed by atoms with van der Waals surface area (Å²) in [5, 5.41) is 8.28. The Hall–Kier alpha value is -3.80. The van der Waals surface area contributed by atoms with E-state index in [4.69, 9.17) is 4.74 Å². The predicted molar refractivity (Wildman–Crippen MR) is 106 cm³/mol. The van der Waals surface area contributed by atoms with Gasteiger partial charge in [0, 0.05) is 17.1 Å². The summed E-state index contributed by atoms with van der Waals surface area (Å²) in [6, 6.07) is 22.7. The number of amides is 3. The molecule has 0 unspecified atom stereocenters. The van der Waals surface area contributed by atoms with Gasteiger partial charge in [-0.05, 0) is 48.5 Å². The van der Waals surface area contributed by atoms with Crippen LogP contribution in [0.5, 0.6) is 5.75 Å². The number of rotatable bonds is 5. The van der Waals surface area contributed by atoms with E-state index in [-0.39, 0.29) is 11.9 Å². The standard InChI is InChI=1S/C21H19N3O3/c1-27-19-10-6-5-9-18(19)20(25)22-16-11-13-17(14-12-16)24-21(26)23-15-7-3-2-4-8-15/h2-14H,1H3,(H,22,25)(H2,23,24,26). The quantitative estimate of drug-likeness (QED) is 0.622. The van der Waals surface area contributed by atoms with Gasteiger partial charge < -0.3 is 20.7 Å². The lowest BCUT2D eigenvalue weighted by Crippen LogP contribution is -2.19. The Balaban J connectivity index is 1.60. The zero-order valence-electron chi connectivity index (χ0n) is 14.7. The molecule has 0 bridgehead atoms. The first-order valence-electron chi connectivity index (χ1n) is 8.33. The smallest absolute Gasteiger partial charge is 0.323 e. The van der Waals surface area contributed by atoms with Crippen molar-refractivity contribution in [2.24, 2.45) is 0 Å². The van der Waals surface area contributed by atoms with Crippen LogP contribution in [0.1, 0.15) is 10.4 Å². The van der Waals surface area contributed by atoms with E-state index < -0.39 is 0 Å². The average Bonchev–Trinajstić information content (AvgIpc) is 2.70. The number of nitrogens with one attached hydrogen (secondary N) is 3. The highest BCUT2D eigenvalue weighted by molar-refractivity contribution is 6.06. The maximum Gasteiger partial charge on any atom is 0.323 e. The molecule has 0 aromatic heterocycles. The number of urea groups is 1. The summed E-state index contributed by atoms with van der Waals surface area (Å²) >= 11 is 0. The SMILES string of the molecule is COc1ccccc1C(=O)Nc1ccc(NC(=O)Nc2ccccc2)cc1. The number of carbonyl (C=O) groups is 2. The molecule has 3 rings (SSSR count). The molecule has 0 heterocycles. The minimum Gasteiger partial charge on any atom is -0.496 e. The third kappa shape index (κ3) is 4.85. The number of hydrogen-bond donors (Lipinski definition) is 3. The molecule has 0 fully saturated rings. The van der Waals surface area contributed by atoms with E-state index in [1.807, 2.05) is 18.2 Å². The number of anilines is 3. The number of carbonyl (C=O) groups excluding carboxylic acids is 2. The van der Waals surface area contributed by atoms with Gasteiger partial charge in [-0.25, -0.2) is 4.79 Å². The summed E-state index contributed by atoms with van der Waals surface area (Å²) in [6.45, 7) is 0. The first-order valence-corrected chi connectivity index (χ1v) is 8.33. The predicted octanol–water partition coefficient (Wildman–Crippen LogP) is 4.59. The molecule has 6 nitrogen and oxygen atoms in total. The minimum absolute atomic E-state index is 0.269. The van der Waals surface area contributed by atoms with Crippen molar-refractivity contribution >= 4 is 29.0 Å². The van der Waals surface area contributed by atoms with Gasteiger partial charge in [-0.2, -0.15) is 0 Å². The van der Waals surface area contributed by atoms with Gasteiger partial charge in [-0.3, -0.25) is 4.79 Å². The van der Waals surface area contributed by atoms with Crippen LogP contribution in [-0.4, -0.2) is 19.0 Å². The van der Waals surface area contributed by atoms with Crippen molar-refractivity contribution in [1.82, 2.24) is 0 Å². The summed E-state index contributed by atoms with van der Waals surface area (Å²) < 4.78 is 5.20. The van der Waals surface area contributed by atoms with Crippen LogP contribution in [0.25, 0.3) is 0 Å². The fourth-order valence-corrected chi connectivity index (χ4v) is 2.48. The molecule has 136 valence electrons. The summed E-state index contributed by atoms with van der Waals surface area (Å²) in [7, 11) is 1.52. The Morgan fingerprint density at radius 1 is 0.667 bits per heavy atom. The van der Waals surface area contributed by atoms with E-state index in [2.05, 4.69) is 16.0 Å². The van der Waals surface area contributed by atoms with Crippen molar-refractivity contribution in [2.75, 3.05) is 23.1 Å². The van der Waals surface area contributed by atoms with Crippen LogP contribution < -0.4 is 20.7 Å². The summed E-state index contributed by atoms with van der Waals surface area (Å²) in [4.78, 5) is 24.4. The Morgan fingerprint density at radius 2 is 1.19 bits per heavy atom. The maximum absolute atomic E-state index is 12.4. The molecule has 0 aliphatic rings. The van der Waals surface area contributed by atoms with Gasteiger partial charge in [0.15, 0.2) is 0 Å². The zero-order valence-corrected chi connectivity index (χ0v) is 14.7. The number of para-hydroxylation sites is 2. The molecule has 0 aliphatic heterocycles. The largest absolute Gasteiger partial charge is 0.496 e. The number of benzene rings is 3. The molecule has 0 spiro atoms. The molecule has 3 aromatic rings. The Morgan fingerprint density at radius 3 is 1.81 bits per heavy atom. The lowest BCUT2D eigenvalue weighted by molar-refractivity contribution is 0.102. The van der Waals surface area contributed by atoms with Crippen LogP contribution >= 0.6 is 0 Å².